The third-order valence-electron chi connectivity index (χ3n) is 3.60. The molecule has 112 valence electrons. The Kier molecular flexibility index (Phi) is 4.75. The van der Waals surface area contributed by atoms with E-state index in [0.29, 0.717) is 12.0 Å². The van der Waals surface area contributed by atoms with Gasteiger partial charge in [0.05, 0.1) is 6.10 Å². The molecule has 0 amide bonds. The Morgan fingerprint density at radius 1 is 1.15 bits per heavy atom. The van der Waals surface area contributed by atoms with E-state index in [4.69, 9.17) is 4.74 Å². The van der Waals surface area contributed by atoms with Crippen molar-refractivity contribution < 1.29 is 4.74 Å². The van der Waals surface area contributed by atoms with E-state index in [1.54, 1.807) is 7.11 Å². The summed E-state index contributed by atoms with van der Waals surface area (Å²) >= 11 is 0. The highest BCUT2D eigenvalue weighted by atomic mass is 16.5. The van der Waals surface area contributed by atoms with Crippen LogP contribution in [0.3, 0.4) is 0 Å². The molecule has 0 aliphatic carbocycles. The Morgan fingerprint density at radius 2 is 1.80 bits per heavy atom. The van der Waals surface area contributed by atoms with E-state index >= 15 is 0 Å². The van der Waals surface area contributed by atoms with Crippen LogP contribution >= 0.6 is 0 Å². The maximum Gasteiger partial charge on any atom is 0.230 e. The maximum absolute atomic E-state index is 5.41. The summed E-state index contributed by atoms with van der Waals surface area (Å²) < 4.78 is 5.41. The van der Waals surface area contributed by atoms with Gasteiger partial charge in [-0.05, 0) is 12.8 Å². The minimum atomic E-state index is 0.298. The lowest BCUT2D eigenvalue weighted by Crippen LogP contribution is -2.38. The first-order valence-electron chi connectivity index (χ1n) is 7.22. The fourth-order valence-electron chi connectivity index (χ4n) is 2.26. The van der Waals surface area contributed by atoms with E-state index in [1.165, 1.54) is 0 Å². The molecule has 1 aromatic heterocycles. The fourth-order valence-corrected chi connectivity index (χ4v) is 2.26. The van der Waals surface area contributed by atoms with E-state index in [2.05, 4.69) is 33.7 Å². The van der Waals surface area contributed by atoms with Gasteiger partial charge in [-0.2, -0.15) is 15.0 Å². The van der Waals surface area contributed by atoms with Crippen LogP contribution in [0.5, 0.6) is 0 Å². The molecular formula is C14H25N5O. The number of ether oxygens (including phenoxy) is 1. The number of rotatable bonds is 4. The highest BCUT2D eigenvalue weighted by Gasteiger charge is 2.22. The highest BCUT2D eigenvalue weighted by molar-refractivity contribution is 5.39. The first-order valence-corrected chi connectivity index (χ1v) is 7.22. The molecule has 0 unspecified atom stereocenters. The van der Waals surface area contributed by atoms with Gasteiger partial charge in [0.2, 0.25) is 11.9 Å². The van der Waals surface area contributed by atoms with Crippen LogP contribution in [0.15, 0.2) is 0 Å². The maximum atomic E-state index is 5.41. The van der Waals surface area contributed by atoms with E-state index in [0.717, 1.165) is 43.7 Å². The summed E-state index contributed by atoms with van der Waals surface area (Å²) in [6, 6.07) is 0. The number of hydrogen-bond acceptors (Lipinski definition) is 6. The van der Waals surface area contributed by atoms with E-state index < -0.39 is 0 Å². The van der Waals surface area contributed by atoms with E-state index in [-0.39, 0.29) is 0 Å². The molecule has 1 aliphatic heterocycles. The molecule has 0 saturated carbocycles. The van der Waals surface area contributed by atoms with Gasteiger partial charge in [-0.15, -0.1) is 0 Å². The summed E-state index contributed by atoms with van der Waals surface area (Å²) in [5, 5.41) is 0. The van der Waals surface area contributed by atoms with Crippen LogP contribution in [0, 0.1) is 0 Å². The minimum absolute atomic E-state index is 0.298. The summed E-state index contributed by atoms with van der Waals surface area (Å²) in [5.74, 6) is 2.68. The third-order valence-corrected chi connectivity index (χ3v) is 3.60. The summed E-state index contributed by atoms with van der Waals surface area (Å²) in [5.41, 5.74) is 0. The summed E-state index contributed by atoms with van der Waals surface area (Å²) in [7, 11) is 5.70. The topological polar surface area (TPSA) is 54.4 Å². The standard InChI is InChI=1S/C14H25N5O/c1-10(2)12-15-13(18(3)4)17-14(16-12)19-8-6-11(20-5)7-9-19/h10-11H,6-9H2,1-5H3. The third kappa shape index (κ3) is 3.36. The number of anilines is 2. The predicted octanol–water partition coefficient (Wildman–Crippen LogP) is 1.68. The number of nitrogens with zero attached hydrogens (tertiary/aromatic N) is 5. The molecule has 2 heterocycles. The number of aromatic nitrogens is 3. The molecule has 0 aromatic carbocycles. The minimum Gasteiger partial charge on any atom is -0.381 e. The Morgan fingerprint density at radius 3 is 2.30 bits per heavy atom. The molecule has 6 heteroatoms. The van der Waals surface area contributed by atoms with Gasteiger partial charge in [-0.3, -0.25) is 0 Å². The van der Waals surface area contributed by atoms with Crippen molar-refractivity contribution in [3.05, 3.63) is 5.82 Å². The summed E-state index contributed by atoms with van der Waals surface area (Å²) in [6.45, 7) is 6.09. The molecule has 1 aliphatic rings. The Labute approximate surface area is 121 Å². The van der Waals surface area contributed by atoms with Crippen LogP contribution in [-0.2, 0) is 4.74 Å². The molecule has 0 spiro atoms. The Hall–Kier alpha value is -1.43. The summed E-state index contributed by atoms with van der Waals surface area (Å²) in [4.78, 5) is 17.9. The Bertz CT molecular complexity index is 415. The van der Waals surface area contributed by atoms with Gasteiger partial charge in [-0.25, -0.2) is 0 Å². The lowest BCUT2D eigenvalue weighted by molar-refractivity contribution is 0.0816. The molecule has 0 radical (unpaired) electrons. The average molecular weight is 279 g/mol. The zero-order valence-electron chi connectivity index (χ0n) is 13.1. The second-order valence-electron chi connectivity index (χ2n) is 5.76. The largest absolute Gasteiger partial charge is 0.381 e. The molecule has 20 heavy (non-hydrogen) atoms. The van der Waals surface area contributed by atoms with Crippen LogP contribution in [-0.4, -0.2) is 55.4 Å². The zero-order valence-corrected chi connectivity index (χ0v) is 13.1. The van der Waals surface area contributed by atoms with Crippen molar-refractivity contribution >= 4 is 11.9 Å². The SMILES string of the molecule is COC1CCN(c2nc(C(C)C)nc(N(C)C)n2)CC1. The van der Waals surface area contributed by atoms with Crippen molar-refractivity contribution in [1.82, 2.24) is 15.0 Å². The highest BCUT2D eigenvalue weighted by Crippen LogP contribution is 2.21. The van der Waals surface area contributed by atoms with Crippen molar-refractivity contribution in [2.24, 2.45) is 0 Å². The van der Waals surface area contributed by atoms with Gasteiger partial charge in [0, 0.05) is 40.2 Å². The number of methoxy groups -OCH3 is 1. The van der Waals surface area contributed by atoms with Crippen molar-refractivity contribution in [3.63, 3.8) is 0 Å². The molecule has 2 rings (SSSR count). The Balaban J connectivity index is 2.22. The molecule has 6 nitrogen and oxygen atoms in total. The second kappa shape index (κ2) is 6.35. The van der Waals surface area contributed by atoms with Gasteiger partial charge in [0.25, 0.3) is 0 Å². The monoisotopic (exact) mass is 279 g/mol. The first-order chi connectivity index (χ1) is 9.51. The summed E-state index contributed by atoms with van der Waals surface area (Å²) in [6.07, 6.45) is 2.42. The van der Waals surface area contributed by atoms with Crippen molar-refractivity contribution in [2.75, 3.05) is 44.1 Å². The van der Waals surface area contributed by atoms with Gasteiger partial charge in [0.1, 0.15) is 5.82 Å². The molecule has 0 bridgehead atoms. The molecule has 0 N–H and O–H groups in total. The number of hydrogen-bond donors (Lipinski definition) is 0. The zero-order chi connectivity index (χ0) is 14.7. The quantitative estimate of drug-likeness (QED) is 0.836. The van der Waals surface area contributed by atoms with Gasteiger partial charge >= 0.3 is 0 Å². The fraction of sp³-hybridized carbons (Fsp3) is 0.786. The number of piperidine rings is 1. The van der Waals surface area contributed by atoms with E-state index in [1.807, 2.05) is 19.0 Å². The lowest BCUT2D eigenvalue weighted by atomic mass is 10.1. The van der Waals surface area contributed by atoms with Crippen molar-refractivity contribution in [1.29, 1.82) is 0 Å². The molecule has 0 atom stereocenters. The average Bonchev–Trinajstić information content (AvgIpc) is 2.46. The molecule has 1 saturated heterocycles. The normalized spacial score (nSPS) is 16.8. The van der Waals surface area contributed by atoms with E-state index in [9.17, 15) is 0 Å². The second-order valence-corrected chi connectivity index (χ2v) is 5.76. The van der Waals surface area contributed by atoms with Gasteiger partial charge in [0.15, 0.2) is 0 Å². The van der Waals surface area contributed by atoms with Crippen LogP contribution < -0.4 is 9.80 Å². The van der Waals surface area contributed by atoms with Gasteiger partial charge < -0.3 is 14.5 Å². The molecule has 1 fully saturated rings. The smallest absolute Gasteiger partial charge is 0.230 e. The predicted molar refractivity (Wildman–Crippen MR) is 80.5 cm³/mol. The molecular weight excluding hydrogens is 254 g/mol. The lowest BCUT2D eigenvalue weighted by Gasteiger charge is -2.31. The van der Waals surface area contributed by atoms with Gasteiger partial charge in [-0.1, -0.05) is 13.8 Å². The van der Waals surface area contributed by atoms with Crippen molar-refractivity contribution in [2.45, 2.75) is 38.7 Å². The van der Waals surface area contributed by atoms with Crippen LogP contribution in [0.25, 0.3) is 0 Å². The molecule has 1 aromatic rings. The van der Waals surface area contributed by atoms with Crippen LogP contribution in [0.2, 0.25) is 0 Å². The van der Waals surface area contributed by atoms with Crippen LogP contribution in [0.1, 0.15) is 38.4 Å². The van der Waals surface area contributed by atoms with Crippen molar-refractivity contribution in [3.8, 4) is 0 Å². The van der Waals surface area contributed by atoms with Crippen LogP contribution in [0.4, 0.5) is 11.9 Å². The first kappa shape index (κ1) is 15.0.